The summed E-state index contributed by atoms with van der Waals surface area (Å²) in [5.41, 5.74) is 0.790. The molecule has 0 radical (unpaired) electrons. The average Bonchev–Trinajstić information content (AvgIpc) is 2.88. The van der Waals surface area contributed by atoms with Crippen molar-refractivity contribution in [3.05, 3.63) is 59.9 Å². The van der Waals surface area contributed by atoms with Gasteiger partial charge in [0.25, 0.3) is 0 Å². The summed E-state index contributed by atoms with van der Waals surface area (Å²) in [4.78, 5) is 28.1. The molecule has 1 N–H and O–H groups in total. The molecule has 2 aromatic rings. The van der Waals surface area contributed by atoms with Crippen LogP contribution in [0.2, 0.25) is 0 Å². The van der Waals surface area contributed by atoms with Crippen molar-refractivity contribution in [2.45, 2.75) is 76.9 Å². The van der Waals surface area contributed by atoms with Crippen molar-refractivity contribution in [2.24, 2.45) is 0 Å². The molecule has 1 aliphatic carbocycles. The van der Waals surface area contributed by atoms with Gasteiger partial charge in [-0.25, -0.2) is 4.39 Å². The molecule has 0 heterocycles. The summed E-state index contributed by atoms with van der Waals surface area (Å²) in [6.45, 7) is 2.56. The molecule has 1 atom stereocenters. The van der Waals surface area contributed by atoms with Crippen LogP contribution in [0.4, 0.5) is 4.39 Å². The molecule has 35 heavy (non-hydrogen) atoms. The van der Waals surface area contributed by atoms with E-state index in [2.05, 4.69) is 5.32 Å². The first-order valence-corrected chi connectivity index (χ1v) is 12.6. The first kappa shape index (κ1) is 26.5. The smallest absolute Gasteiger partial charge is 0.243 e. The number of benzene rings is 2. The summed E-state index contributed by atoms with van der Waals surface area (Å²) in [7, 11) is 1.61. The van der Waals surface area contributed by atoms with Gasteiger partial charge in [0.1, 0.15) is 23.4 Å². The lowest BCUT2D eigenvalue weighted by molar-refractivity contribution is -0.142. The maximum absolute atomic E-state index is 13.4. The molecule has 0 bridgehead atoms. The highest BCUT2D eigenvalue weighted by Gasteiger charge is 2.30. The molecule has 1 fully saturated rings. The lowest BCUT2D eigenvalue weighted by Crippen LogP contribution is -2.51. The van der Waals surface area contributed by atoms with Crippen LogP contribution in [-0.2, 0) is 16.1 Å². The van der Waals surface area contributed by atoms with Crippen LogP contribution in [-0.4, -0.2) is 42.5 Å². The van der Waals surface area contributed by atoms with Crippen LogP contribution in [0.1, 0.15) is 63.9 Å². The Kier molecular flexibility index (Phi) is 10.4. The molecule has 0 aromatic heterocycles. The second-order valence-corrected chi connectivity index (χ2v) is 9.04. The predicted octanol–water partition coefficient (Wildman–Crippen LogP) is 5.25. The molecule has 190 valence electrons. The van der Waals surface area contributed by atoms with Gasteiger partial charge < -0.3 is 19.7 Å². The molecule has 3 rings (SSSR count). The zero-order valence-corrected chi connectivity index (χ0v) is 20.8. The minimum Gasteiger partial charge on any atom is -0.497 e. The number of ether oxygens (including phenoxy) is 2. The normalized spacial score (nSPS) is 14.7. The second kappa shape index (κ2) is 13.7. The average molecular weight is 485 g/mol. The lowest BCUT2D eigenvalue weighted by Gasteiger charge is -2.33. The zero-order chi connectivity index (χ0) is 25.0. The Labute approximate surface area is 207 Å². The van der Waals surface area contributed by atoms with Gasteiger partial charge in [-0.05, 0) is 67.6 Å². The van der Waals surface area contributed by atoms with Crippen molar-refractivity contribution in [1.82, 2.24) is 10.2 Å². The van der Waals surface area contributed by atoms with Gasteiger partial charge in [0.15, 0.2) is 0 Å². The Bertz CT molecular complexity index is 927. The Morgan fingerprint density at radius 2 is 1.69 bits per heavy atom. The Morgan fingerprint density at radius 3 is 2.31 bits per heavy atom. The summed E-state index contributed by atoms with van der Waals surface area (Å²) in [6, 6.07) is 13.0. The quantitative estimate of drug-likeness (QED) is 0.418. The third kappa shape index (κ3) is 8.26. The van der Waals surface area contributed by atoms with Crippen LogP contribution in [0.5, 0.6) is 11.5 Å². The van der Waals surface area contributed by atoms with Crippen LogP contribution in [0.25, 0.3) is 0 Å². The first-order chi connectivity index (χ1) is 17.0. The number of nitrogens with one attached hydrogen (secondary N) is 1. The molecular weight excluding hydrogens is 447 g/mol. The van der Waals surface area contributed by atoms with E-state index in [9.17, 15) is 14.0 Å². The van der Waals surface area contributed by atoms with Gasteiger partial charge in [-0.15, -0.1) is 0 Å². The van der Waals surface area contributed by atoms with Gasteiger partial charge in [-0.1, -0.05) is 38.3 Å². The summed E-state index contributed by atoms with van der Waals surface area (Å²) in [5, 5.41) is 3.17. The summed E-state index contributed by atoms with van der Waals surface area (Å²) >= 11 is 0. The van der Waals surface area contributed by atoms with Crippen molar-refractivity contribution in [1.29, 1.82) is 0 Å². The Morgan fingerprint density at radius 1 is 1.03 bits per heavy atom. The third-order valence-electron chi connectivity index (χ3n) is 6.47. The summed E-state index contributed by atoms with van der Waals surface area (Å²) < 4.78 is 24.3. The molecule has 2 aromatic carbocycles. The van der Waals surface area contributed by atoms with E-state index >= 15 is 0 Å². The molecular formula is C28H37FN2O4. The second-order valence-electron chi connectivity index (χ2n) is 9.04. The van der Waals surface area contributed by atoms with Gasteiger partial charge in [-0.3, -0.25) is 9.59 Å². The van der Waals surface area contributed by atoms with E-state index < -0.39 is 6.04 Å². The number of halogens is 1. The number of carbonyl (C=O) groups excluding carboxylic acids is 2. The lowest BCUT2D eigenvalue weighted by atomic mass is 9.95. The number of rotatable bonds is 12. The molecule has 7 heteroatoms. The topological polar surface area (TPSA) is 67.9 Å². The van der Waals surface area contributed by atoms with E-state index in [0.717, 1.165) is 37.0 Å². The van der Waals surface area contributed by atoms with Gasteiger partial charge in [0.2, 0.25) is 11.8 Å². The van der Waals surface area contributed by atoms with Crippen LogP contribution >= 0.6 is 0 Å². The van der Waals surface area contributed by atoms with Gasteiger partial charge in [-0.2, -0.15) is 0 Å². The van der Waals surface area contributed by atoms with Gasteiger partial charge >= 0.3 is 0 Å². The number of amides is 2. The number of carbonyl (C=O) groups is 2. The van der Waals surface area contributed by atoms with Gasteiger partial charge in [0, 0.05) is 19.0 Å². The molecule has 6 nitrogen and oxygen atoms in total. The van der Waals surface area contributed by atoms with E-state index in [1.54, 1.807) is 24.1 Å². The number of nitrogens with zero attached hydrogens (tertiary/aromatic N) is 1. The zero-order valence-electron chi connectivity index (χ0n) is 20.8. The maximum Gasteiger partial charge on any atom is 0.243 e. The monoisotopic (exact) mass is 484 g/mol. The van der Waals surface area contributed by atoms with Crippen molar-refractivity contribution >= 4 is 11.8 Å². The predicted molar refractivity (Wildman–Crippen MR) is 134 cm³/mol. The standard InChI is InChI=1S/C28H37FN2O4/c1-3-26(28(33)30-23-8-5-4-6-9-23)31(20-21-11-13-22(29)14-12-21)27(32)10-7-19-35-25-17-15-24(34-2)16-18-25/h11-18,23,26H,3-10,19-20H2,1-2H3,(H,30,33)/t26-/m0/s1. The molecule has 1 aliphatic rings. The van der Waals surface area contributed by atoms with Crippen LogP contribution in [0.3, 0.4) is 0 Å². The van der Waals surface area contributed by atoms with Crippen molar-refractivity contribution in [2.75, 3.05) is 13.7 Å². The first-order valence-electron chi connectivity index (χ1n) is 12.6. The fourth-order valence-corrected chi connectivity index (χ4v) is 4.48. The molecule has 2 amide bonds. The number of methoxy groups -OCH3 is 1. The highest BCUT2D eigenvalue weighted by molar-refractivity contribution is 5.87. The fraction of sp³-hybridized carbons (Fsp3) is 0.500. The molecule has 0 saturated heterocycles. The number of hydrogen-bond acceptors (Lipinski definition) is 4. The Hall–Kier alpha value is -3.09. The van der Waals surface area contributed by atoms with E-state index in [1.807, 2.05) is 31.2 Å². The molecule has 1 saturated carbocycles. The fourth-order valence-electron chi connectivity index (χ4n) is 4.48. The van der Waals surface area contributed by atoms with E-state index in [-0.39, 0.29) is 36.6 Å². The molecule has 0 aliphatic heterocycles. The summed E-state index contributed by atoms with van der Waals surface area (Å²) in [6.07, 6.45) is 6.69. The SMILES string of the molecule is CC[C@@H](C(=O)NC1CCCCC1)N(Cc1ccc(F)cc1)C(=O)CCCOc1ccc(OC)cc1. The van der Waals surface area contributed by atoms with E-state index in [1.165, 1.54) is 18.6 Å². The van der Waals surface area contributed by atoms with Crippen molar-refractivity contribution in [3.63, 3.8) is 0 Å². The third-order valence-corrected chi connectivity index (χ3v) is 6.47. The van der Waals surface area contributed by atoms with Crippen molar-refractivity contribution in [3.8, 4) is 11.5 Å². The summed E-state index contributed by atoms with van der Waals surface area (Å²) in [5.74, 6) is 0.910. The minimum absolute atomic E-state index is 0.107. The highest BCUT2D eigenvalue weighted by atomic mass is 19.1. The molecule has 0 spiro atoms. The minimum atomic E-state index is -0.572. The number of hydrogen-bond donors (Lipinski definition) is 1. The van der Waals surface area contributed by atoms with Crippen LogP contribution < -0.4 is 14.8 Å². The Balaban J connectivity index is 1.62. The van der Waals surface area contributed by atoms with Crippen LogP contribution in [0.15, 0.2) is 48.5 Å². The largest absolute Gasteiger partial charge is 0.497 e. The maximum atomic E-state index is 13.4. The van der Waals surface area contributed by atoms with Crippen molar-refractivity contribution < 1.29 is 23.5 Å². The molecule has 0 unspecified atom stereocenters. The van der Waals surface area contributed by atoms with E-state index in [4.69, 9.17) is 9.47 Å². The van der Waals surface area contributed by atoms with Gasteiger partial charge in [0.05, 0.1) is 13.7 Å². The van der Waals surface area contributed by atoms with Crippen LogP contribution in [0, 0.1) is 5.82 Å². The highest BCUT2D eigenvalue weighted by Crippen LogP contribution is 2.20. The van der Waals surface area contributed by atoms with E-state index in [0.29, 0.717) is 25.2 Å².